The molecule has 0 radical (unpaired) electrons. The molecule has 0 amide bonds. The predicted molar refractivity (Wildman–Crippen MR) is 94.0 cm³/mol. The third-order valence-corrected chi connectivity index (χ3v) is 5.29. The molecule has 5 N–H and O–H groups in total. The minimum Gasteiger partial charge on any atom is -0.483 e. The standard InChI is InChI=1S/C18H19F2N3O4/c19-12-14(22)11-15(13(20)17(12)27-10-3-1-2-9(10)21)23(7-4-5-7)6-8(16(11)24)18(25)26/h6-7,9-10H,1-5,21-22H2,(H,25,26)/t9-,10+/m1/s1. The number of rotatable bonds is 4. The van der Waals surface area contributed by atoms with Crippen molar-refractivity contribution in [3.8, 4) is 5.75 Å². The molecule has 2 atom stereocenters. The van der Waals surface area contributed by atoms with E-state index in [0.717, 1.165) is 12.6 Å². The summed E-state index contributed by atoms with van der Waals surface area (Å²) in [5, 5.41) is 8.80. The minimum atomic E-state index is -1.48. The lowest BCUT2D eigenvalue weighted by atomic mass is 10.1. The number of carbonyl (C=O) groups is 1. The molecule has 144 valence electrons. The Bertz CT molecular complexity index is 1020. The van der Waals surface area contributed by atoms with Gasteiger partial charge in [-0.2, -0.15) is 0 Å². The number of benzene rings is 1. The van der Waals surface area contributed by atoms with E-state index in [1.165, 1.54) is 4.57 Å². The van der Waals surface area contributed by atoms with E-state index in [4.69, 9.17) is 16.2 Å². The van der Waals surface area contributed by atoms with E-state index in [0.29, 0.717) is 25.7 Å². The van der Waals surface area contributed by atoms with Gasteiger partial charge in [-0.15, -0.1) is 0 Å². The zero-order valence-electron chi connectivity index (χ0n) is 14.4. The third-order valence-electron chi connectivity index (χ3n) is 5.29. The number of aromatic carboxylic acids is 1. The van der Waals surface area contributed by atoms with Crippen LogP contribution < -0.4 is 21.6 Å². The number of aromatic nitrogens is 1. The SMILES string of the molecule is Nc1c(F)c(O[C@H]2CCC[C@H]2N)c(F)c2c1c(=O)c(C(=O)O)cn2C1CC1. The lowest BCUT2D eigenvalue weighted by molar-refractivity contribution is 0.0695. The highest BCUT2D eigenvalue weighted by molar-refractivity contribution is 5.98. The number of anilines is 1. The first kappa shape index (κ1) is 17.7. The van der Waals surface area contributed by atoms with Gasteiger partial charge in [-0.05, 0) is 32.1 Å². The second-order valence-corrected chi connectivity index (χ2v) is 7.16. The quantitative estimate of drug-likeness (QED) is 0.700. The summed E-state index contributed by atoms with van der Waals surface area (Å²) in [6.45, 7) is 0. The van der Waals surface area contributed by atoms with Crippen molar-refractivity contribution >= 4 is 22.6 Å². The van der Waals surface area contributed by atoms with Crippen molar-refractivity contribution in [2.75, 3.05) is 5.73 Å². The second kappa shape index (κ2) is 6.19. The summed E-state index contributed by atoms with van der Waals surface area (Å²) in [7, 11) is 0. The van der Waals surface area contributed by atoms with Crippen LogP contribution in [0.1, 0.15) is 48.5 Å². The Balaban J connectivity index is 2.00. The minimum absolute atomic E-state index is 0.174. The topological polar surface area (TPSA) is 121 Å². The molecule has 1 heterocycles. The summed E-state index contributed by atoms with van der Waals surface area (Å²) >= 11 is 0. The highest BCUT2D eigenvalue weighted by atomic mass is 19.1. The number of carboxylic acids is 1. The number of halogens is 2. The van der Waals surface area contributed by atoms with Crippen molar-refractivity contribution in [3.63, 3.8) is 0 Å². The fourth-order valence-electron chi connectivity index (χ4n) is 3.69. The molecule has 4 rings (SSSR count). The van der Waals surface area contributed by atoms with Crippen LogP contribution >= 0.6 is 0 Å². The fourth-order valence-corrected chi connectivity index (χ4v) is 3.69. The maximum Gasteiger partial charge on any atom is 0.341 e. The third kappa shape index (κ3) is 2.73. The highest BCUT2D eigenvalue weighted by Crippen LogP contribution is 2.42. The van der Waals surface area contributed by atoms with Crippen molar-refractivity contribution in [3.05, 3.63) is 33.6 Å². The van der Waals surface area contributed by atoms with Crippen LogP contribution in [-0.4, -0.2) is 27.8 Å². The van der Waals surface area contributed by atoms with Crippen LogP contribution in [0.4, 0.5) is 14.5 Å². The van der Waals surface area contributed by atoms with E-state index < -0.39 is 51.5 Å². The van der Waals surface area contributed by atoms with Gasteiger partial charge in [-0.3, -0.25) is 4.79 Å². The van der Waals surface area contributed by atoms with Crippen LogP contribution in [0.3, 0.4) is 0 Å². The molecule has 0 aliphatic heterocycles. The molecule has 1 aromatic heterocycles. The van der Waals surface area contributed by atoms with Crippen molar-refractivity contribution in [1.82, 2.24) is 4.57 Å². The number of nitrogens with zero attached hydrogens (tertiary/aromatic N) is 1. The van der Waals surface area contributed by atoms with Gasteiger partial charge in [0.15, 0.2) is 17.4 Å². The molecule has 0 bridgehead atoms. The smallest absolute Gasteiger partial charge is 0.341 e. The van der Waals surface area contributed by atoms with Crippen molar-refractivity contribution < 1.29 is 23.4 Å². The average molecular weight is 379 g/mol. The summed E-state index contributed by atoms with van der Waals surface area (Å²) in [5.74, 6) is -4.41. The molecule has 2 aliphatic carbocycles. The van der Waals surface area contributed by atoms with Crippen LogP contribution in [0, 0.1) is 11.6 Å². The van der Waals surface area contributed by atoms with E-state index in [1.54, 1.807) is 0 Å². The highest BCUT2D eigenvalue weighted by Gasteiger charge is 2.34. The molecule has 2 fully saturated rings. The van der Waals surface area contributed by atoms with Crippen LogP contribution in [0.5, 0.6) is 5.75 Å². The van der Waals surface area contributed by atoms with E-state index in [9.17, 15) is 19.1 Å². The maximum absolute atomic E-state index is 15.3. The van der Waals surface area contributed by atoms with E-state index in [2.05, 4.69) is 0 Å². The molecule has 7 nitrogen and oxygen atoms in total. The Hall–Kier alpha value is -2.68. The number of nitrogen functional groups attached to an aromatic ring is 1. The first-order chi connectivity index (χ1) is 12.8. The first-order valence-electron chi connectivity index (χ1n) is 8.82. The second-order valence-electron chi connectivity index (χ2n) is 7.16. The molecule has 9 heteroatoms. The zero-order valence-corrected chi connectivity index (χ0v) is 14.4. The van der Waals surface area contributed by atoms with Gasteiger partial charge in [0.05, 0.1) is 16.6 Å². The van der Waals surface area contributed by atoms with Gasteiger partial charge < -0.3 is 25.9 Å². The molecule has 2 aliphatic rings. The molecule has 0 saturated heterocycles. The monoisotopic (exact) mass is 379 g/mol. The Kier molecular flexibility index (Phi) is 4.06. The number of nitrogens with two attached hydrogens (primary N) is 2. The van der Waals surface area contributed by atoms with Crippen molar-refractivity contribution in [2.45, 2.75) is 50.3 Å². The Morgan fingerprint density at radius 3 is 2.48 bits per heavy atom. The van der Waals surface area contributed by atoms with Crippen LogP contribution in [-0.2, 0) is 0 Å². The summed E-state index contributed by atoms with van der Waals surface area (Å²) in [6, 6.07) is -0.520. The molecule has 27 heavy (non-hydrogen) atoms. The van der Waals surface area contributed by atoms with Gasteiger partial charge in [0, 0.05) is 18.3 Å². The Morgan fingerprint density at radius 1 is 1.22 bits per heavy atom. The molecule has 0 spiro atoms. The van der Waals surface area contributed by atoms with Gasteiger partial charge >= 0.3 is 5.97 Å². The van der Waals surface area contributed by atoms with Gasteiger partial charge in [0.1, 0.15) is 11.7 Å². The van der Waals surface area contributed by atoms with Crippen LogP contribution in [0.15, 0.2) is 11.0 Å². The number of fused-ring (bicyclic) bond motifs is 1. The predicted octanol–water partition coefficient (Wildman–Crippen LogP) is 2.15. The van der Waals surface area contributed by atoms with Gasteiger partial charge in [0.25, 0.3) is 0 Å². The Morgan fingerprint density at radius 2 is 1.93 bits per heavy atom. The molecule has 1 aromatic carbocycles. The number of pyridine rings is 1. The lowest BCUT2D eigenvalue weighted by Crippen LogP contribution is -2.34. The molecule has 0 unspecified atom stereocenters. The van der Waals surface area contributed by atoms with Gasteiger partial charge in [0.2, 0.25) is 5.43 Å². The maximum atomic E-state index is 15.3. The average Bonchev–Trinajstić information content (AvgIpc) is 3.39. The Labute approximate surface area is 152 Å². The molecule has 2 aromatic rings. The van der Waals surface area contributed by atoms with Crippen molar-refractivity contribution in [2.24, 2.45) is 5.73 Å². The number of carboxylic acid groups (broad SMARTS) is 1. The molecular formula is C18H19F2N3O4. The van der Waals surface area contributed by atoms with E-state index >= 15 is 4.39 Å². The number of hydrogen-bond donors (Lipinski definition) is 3. The number of ether oxygens (including phenoxy) is 1. The van der Waals surface area contributed by atoms with E-state index in [1.807, 2.05) is 0 Å². The van der Waals surface area contributed by atoms with Crippen LogP contribution in [0.25, 0.3) is 10.9 Å². The van der Waals surface area contributed by atoms with Gasteiger partial charge in [-0.1, -0.05) is 0 Å². The largest absolute Gasteiger partial charge is 0.483 e. The summed E-state index contributed by atoms with van der Waals surface area (Å²) in [5.41, 5.74) is 9.28. The summed E-state index contributed by atoms with van der Waals surface area (Å²) < 4.78 is 37.0. The first-order valence-corrected chi connectivity index (χ1v) is 8.82. The normalized spacial score (nSPS) is 22.3. The summed E-state index contributed by atoms with van der Waals surface area (Å²) in [4.78, 5) is 23.9. The van der Waals surface area contributed by atoms with Crippen molar-refractivity contribution in [1.29, 1.82) is 0 Å². The summed E-state index contributed by atoms with van der Waals surface area (Å²) in [6.07, 6.45) is 3.96. The number of hydrogen-bond acceptors (Lipinski definition) is 5. The van der Waals surface area contributed by atoms with E-state index in [-0.39, 0.29) is 17.6 Å². The lowest BCUT2D eigenvalue weighted by Gasteiger charge is -2.21. The van der Waals surface area contributed by atoms with Gasteiger partial charge in [-0.25, -0.2) is 13.6 Å². The van der Waals surface area contributed by atoms with Crippen LogP contribution in [0.2, 0.25) is 0 Å². The molecular weight excluding hydrogens is 360 g/mol. The fraction of sp³-hybridized carbons (Fsp3) is 0.444. The molecule has 2 saturated carbocycles. The zero-order chi connectivity index (χ0) is 19.5.